The van der Waals surface area contributed by atoms with Crippen LogP contribution in [0.2, 0.25) is 0 Å². The lowest BCUT2D eigenvalue weighted by molar-refractivity contribution is -0.137. The van der Waals surface area contributed by atoms with Crippen LogP contribution in [-0.4, -0.2) is 21.0 Å². The smallest absolute Gasteiger partial charge is 0.416 e. The normalized spacial score (nSPS) is 11.5. The standard InChI is InChI=1S/C23H15F3N2O3/c24-23(25,26)16-8-11-18-19(12-16)27-20(21(28-18)14-4-2-1-3-5-14)13-31-17-9-6-15(7-10-17)22(29)30/h1-12H,13H2,(H,29,30). The summed E-state index contributed by atoms with van der Waals surface area (Å²) >= 11 is 0. The zero-order valence-electron chi connectivity index (χ0n) is 15.9. The highest BCUT2D eigenvalue weighted by molar-refractivity contribution is 5.87. The molecule has 0 spiro atoms. The highest BCUT2D eigenvalue weighted by atomic mass is 19.4. The van der Waals surface area contributed by atoms with Crippen LogP contribution < -0.4 is 4.74 Å². The molecule has 0 aliphatic carbocycles. The van der Waals surface area contributed by atoms with Crippen LogP contribution in [0.15, 0.2) is 72.8 Å². The molecule has 1 aromatic heterocycles. The second-order valence-electron chi connectivity index (χ2n) is 6.70. The second-order valence-corrected chi connectivity index (χ2v) is 6.70. The lowest BCUT2D eigenvalue weighted by Crippen LogP contribution is -2.07. The van der Waals surface area contributed by atoms with Gasteiger partial charge in [-0.15, -0.1) is 0 Å². The van der Waals surface area contributed by atoms with Gasteiger partial charge in [-0.1, -0.05) is 30.3 Å². The van der Waals surface area contributed by atoms with Gasteiger partial charge in [0.2, 0.25) is 0 Å². The lowest BCUT2D eigenvalue weighted by atomic mass is 10.1. The third-order valence-corrected chi connectivity index (χ3v) is 4.59. The van der Waals surface area contributed by atoms with Crippen molar-refractivity contribution in [1.29, 1.82) is 0 Å². The van der Waals surface area contributed by atoms with Gasteiger partial charge >= 0.3 is 12.1 Å². The van der Waals surface area contributed by atoms with Crippen molar-refractivity contribution in [2.45, 2.75) is 12.8 Å². The Kier molecular flexibility index (Phi) is 5.29. The van der Waals surface area contributed by atoms with Gasteiger partial charge in [-0.2, -0.15) is 13.2 Å². The first-order valence-corrected chi connectivity index (χ1v) is 9.21. The second kappa shape index (κ2) is 8.06. The molecule has 156 valence electrons. The van der Waals surface area contributed by atoms with Crippen LogP contribution in [0.5, 0.6) is 5.75 Å². The van der Waals surface area contributed by atoms with E-state index in [1.54, 1.807) is 0 Å². The number of halogens is 3. The number of aromatic nitrogens is 2. The quantitative estimate of drug-likeness (QED) is 0.452. The van der Waals surface area contributed by atoms with E-state index in [9.17, 15) is 18.0 Å². The van der Waals surface area contributed by atoms with Crippen LogP contribution in [-0.2, 0) is 12.8 Å². The van der Waals surface area contributed by atoms with Crippen LogP contribution in [0.1, 0.15) is 21.6 Å². The number of carbonyl (C=O) groups is 1. The summed E-state index contributed by atoms with van der Waals surface area (Å²) in [7, 11) is 0. The van der Waals surface area contributed by atoms with Crippen molar-refractivity contribution in [3.63, 3.8) is 0 Å². The minimum Gasteiger partial charge on any atom is -0.487 e. The van der Waals surface area contributed by atoms with Gasteiger partial charge in [-0.3, -0.25) is 0 Å². The highest BCUT2D eigenvalue weighted by Crippen LogP contribution is 2.32. The molecule has 0 amide bonds. The van der Waals surface area contributed by atoms with E-state index in [-0.39, 0.29) is 17.7 Å². The molecule has 0 aliphatic heterocycles. The molecule has 5 nitrogen and oxygen atoms in total. The molecule has 4 rings (SSSR count). The molecule has 0 aliphatic rings. The Bertz CT molecular complexity index is 1240. The Labute approximate surface area is 174 Å². The van der Waals surface area contributed by atoms with Crippen LogP contribution in [0.25, 0.3) is 22.3 Å². The number of carboxylic acids is 1. The van der Waals surface area contributed by atoms with E-state index in [1.807, 2.05) is 30.3 Å². The van der Waals surface area contributed by atoms with Crippen molar-refractivity contribution in [2.75, 3.05) is 0 Å². The number of nitrogens with zero attached hydrogens (tertiary/aromatic N) is 2. The average molecular weight is 424 g/mol. The van der Waals surface area contributed by atoms with Gasteiger partial charge in [0.05, 0.1) is 27.9 Å². The molecule has 4 aromatic rings. The van der Waals surface area contributed by atoms with Crippen molar-refractivity contribution < 1.29 is 27.8 Å². The number of rotatable bonds is 5. The number of hydrogen-bond donors (Lipinski definition) is 1. The summed E-state index contributed by atoms with van der Waals surface area (Å²) in [6.45, 7) is -0.0597. The Morgan fingerprint density at radius 1 is 0.903 bits per heavy atom. The highest BCUT2D eigenvalue weighted by Gasteiger charge is 2.30. The molecular formula is C23H15F3N2O3. The predicted octanol–water partition coefficient (Wildman–Crippen LogP) is 5.59. The van der Waals surface area contributed by atoms with E-state index >= 15 is 0 Å². The van der Waals surface area contributed by atoms with Crippen molar-refractivity contribution >= 4 is 17.0 Å². The number of hydrogen-bond acceptors (Lipinski definition) is 4. The summed E-state index contributed by atoms with van der Waals surface area (Å²) in [4.78, 5) is 19.9. The number of alkyl halides is 3. The first-order chi connectivity index (χ1) is 14.8. The molecule has 0 bridgehead atoms. The first-order valence-electron chi connectivity index (χ1n) is 9.21. The fourth-order valence-electron chi connectivity index (χ4n) is 3.04. The number of aromatic carboxylic acids is 1. The van der Waals surface area contributed by atoms with Crippen LogP contribution in [0.4, 0.5) is 13.2 Å². The molecule has 1 heterocycles. The van der Waals surface area contributed by atoms with E-state index < -0.39 is 17.7 Å². The summed E-state index contributed by atoms with van der Waals surface area (Å²) in [5.74, 6) is -0.659. The Balaban J connectivity index is 1.73. The van der Waals surface area contributed by atoms with Gasteiger partial charge < -0.3 is 9.84 Å². The molecule has 3 aromatic carbocycles. The van der Waals surface area contributed by atoms with Gasteiger partial charge in [-0.05, 0) is 42.5 Å². The molecule has 8 heteroatoms. The van der Waals surface area contributed by atoms with Crippen molar-refractivity contribution in [1.82, 2.24) is 9.97 Å². The Hall–Kier alpha value is -3.94. The van der Waals surface area contributed by atoms with Crippen molar-refractivity contribution in [2.24, 2.45) is 0 Å². The molecule has 31 heavy (non-hydrogen) atoms. The van der Waals surface area contributed by atoms with E-state index in [1.165, 1.54) is 30.3 Å². The summed E-state index contributed by atoms with van der Waals surface area (Å²) < 4.78 is 45.0. The molecule has 0 unspecified atom stereocenters. The molecule has 1 N–H and O–H groups in total. The number of benzene rings is 3. The maximum atomic E-state index is 13.1. The third kappa shape index (κ3) is 4.48. The Morgan fingerprint density at radius 2 is 1.61 bits per heavy atom. The fourth-order valence-corrected chi connectivity index (χ4v) is 3.04. The van der Waals surface area contributed by atoms with Gasteiger partial charge in [0.25, 0.3) is 0 Å². The predicted molar refractivity (Wildman–Crippen MR) is 108 cm³/mol. The van der Waals surface area contributed by atoms with Crippen LogP contribution in [0, 0.1) is 0 Å². The molecule has 0 saturated carbocycles. The van der Waals surface area contributed by atoms with Gasteiger partial charge in [0.1, 0.15) is 18.1 Å². The zero-order chi connectivity index (χ0) is 22.0. The van der Waals surface area contributed by atoms with Gasteiger partial charge in [-0.25, -0.2) is 14.8 Å². The summed E-state index contributed by atoms with van der Waals surface area (Å²) in [6.07, 6.45) is -4.49. The van der Waals surface area contributed by atoms with E-state index in [4.69, 9.17) is 9.84 Å². The minimum absolute atomic E-state index is 0.0597. The number of ether oxygens (including phenoxy) is 1. The Morgan fingerprint density at radius 3 is 2.26 bits per heavy atom. The maximum Gasteiger partial charge on any atom is 0.416 e. The zero-order valence-corrected chi connectivity index (χ0v) is 15.9. The molecular weight excluding hydrogens is 409 g/mol. The molecule has 0 atom stereocenters. The SMILES string of the molecule is O=C(O)c1ccc(OCc2nc3cc(C(F)(F)F)ccc3nc2-c2ccccc2)cc1. The average Bonchev–Trinajstić information content (AvgIpc) is 2.77. The molecule has 0 fully saturated rings. The molecule has 0 radical (unpaired) electrons. The fraction of sp³-hybridized carbons (Fsp3) is 0.0870. The van der Waals surface area contributed by atoms with E-state index in [0.717, 1.165) is 17.7 Å². The summed E-state index contributed by atoms with van der Waals surface area (Å²) in [5.41, 5.74) is 1.35. The number of fused-ring (bicyclic) bond motifs is 1. The van der Waals surface area contributed by atoms with E-state index in [0.29, 0.717) is 22.7 Å². The largest absolute Gasteiger partial charge is 0.487 e. The van der Waals surface area contributed by atoms with Crippen LogP contribution >= 0.6 is 0 Å². The summed E-state index contributed by atoms with van der Waals surface area (Å²) in [6, 6.07) is 18.2. The maximum absolute atomic E-state index is 13.1. The van der Waals surface area contributed by atoms with Gasteiger partial charge in [0, 0.05) is 5.56 Å². The van der Waals surface area contributed by atoms with Crippen molar-refractivity contribution in [3.05, 3.63) is 89.6 Å². The summed E-state index contributed by atoms with van der Waals surface area (Å²) in [5, 5.41) is 8.99. The van der Waals surface area contributed by atoms with Gasteiger partial charge in [0.15, 0.2) is 0 Å². The monoisotopic (exact) mass is 424 g/mol. The molecule has 0 saturated heterocycles. The third-order valence-electron chi connectivity index (χ3n) is 4.59. The van der Waals surface area contributed by atoms with Crippen molar-refractivity contribution in [3.8, 4) is 17.0 Å². The van der Waals surface area contributed by atoms with E-state index in [2.05, 4.69) is 9.97 Å². The number of carboxylic acid groups (broad SMARTS) is 1. The first kappa shape index (κ1) is 20.3. The topological polar surface area (TPSA) is 72.3 Å². The lowest BCUT2D eigenvalue weighted by Gasteiger charge is -2.13. The van der Waals surface area contributed by atoms with Crippen LogP contribution in [0.3, 0.4) is 0 Å². The minimum atomic E-state index is -4.49.